The van der Waals surface area contributed by atoms with E-state index in [1.807, 2.05) is 17.9 Å². The van der Waals surface area contributed by atoms with Gasteiger partial charge in [0.05, 0.1) is 6.20 Å². The van der Waals surface area contributed by atoms with Crippen LogP contribution in [-0.2, 0) is 18.9 Å². The van der Waals surface area contributed by atoms with E-state index in [0.29, 0.717) is 0 Å². The van der Waals surface area contributed by atoms with Gasteiger partial charge in [0.1, 0.15) is 11.0 Å². The molecule has 0 N–H and O–H groups in total. The standard InChI is InChI=1S/C13H19N3/c1-6-9-7-11(13(2,3)4)14-10-8-16(5)15-12(9)10/h7-8H,6H2,1-5H3. The van der Waals surface area contributed by atoms with Gasteiger partial charge >= 0.3 is 0 Å². The Bertz CT molecular complexity index is 518. The van der Waals surface area contributed by atoms with Crippen LogP contribution in [0, 0.1) is 0 Å². The lowest BCUT2D eigenvalue weighted by Crippen LogP contribution is -2.14. The highest BCUT2D eigenvalue weighted by Gasteiger charge is 2.18. The third kappa shape index (κ3) is 1.82. The Hall–Kier alpha value is -1.38. The van der Waals surface area contributed by atoms with Crippen LogP contribution in [0.2, 0.25) is 0 Å². The largest absolute Gasteiger partial charge is 0.273 e. The quantitative estimate of drug-likeness (QED) is 0.735. The summed E-state index contributed by atoms with van der Waals surface area (Å²) < 4.78 is 1.84. The van der Waals surface area contributed by atoms with Crippen molar-refractivity contribution in [3.05, 3.63) is 23.5 Å². The minimum atomic E-state index is 0.0912. The van der Waals surface area contributed by atoms with Gasteiger partial charge in [-0.15, -0.1) is 0 Å². The molecular weight excluding hydrogens is 198 g/mol. The highest BCUT2D eigenvalue weighted by atomic mass is 15.3. The maximum Gasteiger partial charge on any atom is 0.114 e. The van der Waals surface area contributed by atoms with E-state index >= 15 is 0 Å². The summed E-state index contributed by atoms with van der Waals surface area (Å²) in [6.07, 6.45) is 2.99. The van der Waals surface area contributed by atoms with Gasteiger partial charge in [0.15, 0.2) is 0 Å². The molecule has 2 aromatic heterocycles. The molecule has 2 heterocycles. The fourth-order valence-corrected chi connectivity index (χ4v) is 1.84. The number of fused-ring (bicyclic) bond motifs is 1. The van der Waals surface area contributed by atoms with Gasteiger partial charge in [0.25, 0.3) is 0 Å². The van der Waals surface area contributed by atoms with Crippen LogP contribution in [-0.4, -0.2) is 14.8 Å². The molecule has 16 heavy (non-hydrogen) atoms. The van der Waals surface area contributed by atoms with E-state index < -0.39 is 0 Å². The van der Waals surface area contributed by atoms with Crippen molar-refractivity contribution in [1.82, 2.24) is 14.8 Å². The molecule has 0 fully saturated rings. The predicted octanol–water partition coefficient (Wildman–Crippen LogP) is 2.83. The van der Waals surface area contributed by atoms with Gasteiger partial charge in [-0.2, -0.15) is 5.10 Å². The van der Waals surface area contributed by atoms with E-state index in [9.17, 15) is 0 Å². The van der Waals surface area contributed by atoms with Gasteiger partial charge in [-0.25, -0.2) is 4.98 Å². The molecule has 2 rings (SSSR count). The van der Waals surface area contributed by atoms with Crippen molar-refractivity contribution in [2.45, 2.75) is 39.5 Å². The second-order valence-corrected chi connectivity index (χ2v) is 5.31. The Kier molecular flexibility index (Phi) is 2.49. The number of hydrogen-bond acceptors (Lipinski definition) is 2. The summed E-state index contributed by atoms with van der Waals surface area (Å²) in [4.78, 5) is 4.69. The molecule has 0 aromatic carbocycles. The normalized spacial score (nSPS) is 12.3. The molecule has 0 saturated heterocycles. The fraction of sp³-hybridized carbons (Fsp3) is 0.538. The Labute approximate surface area is 96.5 Å². The van der Waals surface area contributed by atoms with E-state index in [0.717, 1.165) is 23.1 Å². The lowest BCUT2D eigenvalue weighted by atomic mass is 9.90. The maximum atomic E-state index is 4.69. The van der Waals surface area contributed by atoms with Gasteiger partial charge in [-0.1, -0.05) is 27.7 Å². The Morgan fingerprint density at radius 2 is 2.00 bits per heavy atom. The monoisotopic (exact) mass is 217 g/mol. The van der Waals surface area contributed by atoms with Crippen LogP contribution < -0.4 is 0 Å². The smallest absolute Gasteiger partial charge is 0.114 e. The summed E-state index contributed by atoms with van der Waals surface area (Å²) in [6, 6.07) is 2.19. The van der Waals surface area contributed by atoms with E-state index in [1.54, 1.807) is 0 Å². The van der Waals surface area contributed by atoms with E-state index in [1.165, 1.54) is 5.56 Å². The highest BCUT2D eigenvalue weighted by molar-refractivity contribution is 5.77. The predicted molar refractivity (Wildman–Crippen MR) is 66.6 cm³/mol. The van der Waals surface area contributed by atoms with Gasteiger partial charge in [-0.05, 0) is 18.1 Å². The number of aromatic nitrogens is 3. The first kappa shape index (κ1) is 11.1. The van der Waals surface area contributed by atoms with E-state index in [2.05, 4.69) is 38.9 Å². The summed E-state index contributed by atoms with van der Waals surface area (Å²) in [5, 5.41) is 4.46. The van der Waals surface area contributed by atoms with Crippen molar-refractivity contribution in [3.63, 3.8) is 0 Å². The molecule has 2 aromatic rings. The molecule has 3 heteroatoms. The molecule has 0 bridgehead atoms. The zero-order chi connectivity index (χ0) is 11.9. The molecule has 0 saturated carbocycles. The molecule has 0 radical (unpaired) electrons. The average molecular weight is 217 g/mol. The molecule has 0 spiro atoms. The lowest BCUT2D eigenvalue weighted by molar-refractivity contribution is 0.570. The van der Waals surface area contributed by atoms with Crippen molar-refractivity contribution in [1.29, 1.82) is 0 Å². The topological polar surface area (TPSA) is 30.7 Å². The van der Waals surface area contributed by atoms with Crippen LogP contribution >= 0.6 is 0 Å². The van der Waals surface area contributed by atoms with Crippen LogP contribution in [0.15, 0.2) is 12.3 Å². The van der Waals surface area contributed by atoms with E-state index in [4.69, 9.17) is 4.98 Å². The summed E-state index contributed by atoms with van der Waals surface area (Å²) >= 11 is 0. The molecule has 0 aliphatic carbocycles. The average Bonchev–Trinajstić information content (AvgIpc) is 2.54. The highest BCUT2D eigenvalue weighted by Crippen LogP contribution is 2.25. The van der Waals surface area contributed by atoms with Crippen molar-refractivity contribution in [3.8, 4) is 0 Å². The van der Waals surface area contributed by atoms with Gasteiger partial charge in [-0.3, -0.25) is 4.68 Å². The number of pyridine rings is 1. The number of aryl methyl sites for hydroxylation is 2. The van der Waals surface area contributed by atoms with Gasteiger partial charge < -0.3 is 0 Å². The van der Waals surface area contributed by atoms with Gasteiger partial charge in [0, 0.05) is 18.2 Å². The third-order valence-corrected chi connectivity index (χ3v) is 2.81. The molecule has 0 atom stereocenters. The molecule has 3 nitrogen and oxygen atoms in total. The van der Waals surface area contributed by atoms with Gasteiger partial charge in [0.2, 0.25) is 0 Å². The van der Waals surface area contributed by atoms with Crippen molar-refractivity contribution in [2.24, 2.45) is 7.05 Å². The minimum absolute atomic E-state index is 0.0912. The molecule has 86 valence electrons. The zero-order valence-electron chi connectivity index (χ0n) is 10.7. The number of rotatable bonds is 1. The van der Waals surface area contributed by atoms with E-state index in [-0.39, 0.29) is 5.41 Å². The zero-order valence-corrected chi connectivity index (χ0v) is 10.7. The van der Waals surface area contributed by atoms with Crippen LogP contribution in [0.4, 0.5) is 0 Å². The third-order valence-electron chi connectivity index (χ3n) is 2.81. The van der Waals surface area contributed by atoms with Crippen LogP contribution in [0.5, 0.6) is 0 Å². The summed E-state index contributed by atoms with van der Waals surface area (Å²) in [6.45, 7) is 8.74. The second kappa shape index (κ2) is 3.58. The summed E-state index contributed by atoms with van der Waals surface area (Å²) in [5.74, 6) is 0. The van der Waals surface area contributed by atoms with Crippen LogP contribution in [0.1, 0.15) is 39.0 Å². The first-order valence-corrected chi connectivity index (χ1v) is 5.75. The summed E-state index contributed by atoms with van der Waals surface area (Å²) in [5.41, 5.74) is 4.57. The Morgan fingerprint density at radius 3 is 2.56 bits per heavy atom. The summed E-state index contributed by atoms with van der Waals surface area (Å²) in [7, 11) is 1.94. The lowest BCUT2D eigenvalue weighted by Gasteiger charge is -2.18. The van der Waals surface area contributed by atoms with Crippen LogP contribution in [0.25, 0.3) is 11.0 Å². The first-order chi connectivity index (χ1) is 7.41. The first-order valence-electron chi connectivity index (χ1n) is 5.75. The fourth-order valence-electron chi connectivity index (χ4n) is 1.84. The van der Waals surface area contributed by atoms with Crippen LogP contribution in [0.3, 0.4) is 0 Å². The van der Waals surface area contributed by atoms with Crippen molar-refractivity contribution < 1.29 is 0 Å². The number of nitrogens with zero attached hydrogens (tertiary/aromatic N) is 3. The minimum Gasteiger partial charge on any atom is -0.273 e. The van der Waals surface area contributed by atoms with Crippen molar-refractivity contribution in [2.75, 3.05) is 0 Å². The molecule has 0 aliphatic heterocycles. The maximum absolute atomic E-state index is 4.69. The van der Waals surface area contributed by atoms with Crippen molar-refractivity contribution >= 4 is 11.0 Å². The Morgan fingerprint density at radius 1 is 1.31 bits per heavy atom. The second-order valence-electron chi connectivity index (χ2n) is 5.31. The molecular formula is C13H19N3. The molecule has 0 aliphatic rings. The SMILES string of the molecule is CCc1cc(C(C)(C)C)nc2cn(C)nc12. The molecule has 0 amide bonds. The number of hydrogen-bond donors (Lipinski definition) is 0. The Balaban J connectivity index is 2.72. The molecule has 0 unspecified atom stereocenters.